The maximum atomic E-state index is 5.67. The van der Waals surface area contributed by atoms with E-state index < -0.39 is 0 Å². The summed E-state index contributed by atoms with van der Waals surface area (Å²) in [5, 5.41) is 3.67. The molecule has 0 fully saturated rings. The Morgan fingerprint density at radius 3 is 2.79 bits per heavy atom. The Morgan fingerprint density at radius 1 is 1.57 bits per heavy atom. The van der Waals surface area contributed by atoms with E-state index in [1.807, 2.05) is 6.07 Å². The normalized spacial score (nSPS) is 12.4. The summed E-state index contributed by atoms with van der Waals surface area (Å²) >= 11 is 0. The molecular formula is C10H19N3O. The first-order valence-corrected chi connectivity index (χ1v) is 4.82. The summed E-state index contributed by atoms with van der Waals surface area (Å²) in [5.41, 5.74) is 5.81. The molecule has 0 radical (unpaired) electrons. The summed E-state index contributed by atoms with van der Waals surface area (Å²) < 4.78 is 5.03. The van der Waals surface area contributed by atoms with Crippen LogP contribution in [0.2, 0.25) is 0 Å². The van der Waals surface area contributed by atoms with Crippen molar-refractivity contribution in [1.82, 2.24) is 10.1 Å². The highest BCUT2D eigenvalue weighted by Crippen LogP contribution is 2.15. The summed E-state index contributed by atoms with van der Waals surface area (Å²) in [6, 6.07) is 1.88. The van der Waals surface area contributed by atoms with Gasteiger partial charge in [-0.05, 0) is 19.0 Å². The minimum Gasteiger partial charge on any atom is -0.360 e. The molecule has 0 spiro atoms. The lowest BCUT2D eigenvalue weighted by atomic mass is 9.93. The third-order valence-electron chi connectivity index (χ3n) is 2.17. The van der Waals surface area contributed by atoms with Crippen LogP contribution in [0.5, 0.6) is 0 Å². The number of hydrogen-bond acceptors (Lipinski definition) is 4. The molecule has 0 saturated carbocycles. The van der Waals surface area contributed by atoms with Crippen LogP contribution in [0.25, 0.3) is 0 Å². The van der Waals surface area contributed by atoms with Crippen molar-refractivity contribution in [1.29, 1.82) is 0 Å². The first-order valence-electron chi connectivity index (χ1n) is 4.82. The predicted octanol–water partition coefficient (Wildman–Crippen LogP) is 1.09. The lowest BCUT2D eigenvalue weighted by Gasteiger charge is -2.28. The highest BCUT2D eigenvalue weighted by atomic mass is 16.5. The van der Waals surface area contributed by atoms with E-state index in [4.69, 9.17) is 10.3 Å². The van der Waals surface area contributed by atoms with Gasteiger partial charge in [0.2, 0.25) is 0 Å². The van der Waals surface area contributed by atoms with Crippen molar-refractivity contribution in [3.05, 3.63) is 18.0 Å². The van der Waals surface area contributed by atoms with Crippen LogP contribution in [0.1, 0.15) is 19.6 Å². The molecule has 2 N–H and O–H groups in total. The topological polar surface area (TPSA) is 55.3 Å². The van der Waals surface area contributed by atoms with Gasteiger partial charge in [0.05, 0.1) is 12.7 Å². The fraction of sp³-hybridized carbons (Fsp3) is 0.700. The van der Waals surface area contributed by atoms with Crippen LogP contribution < -0.4 is 5.73 Å². The molecule has 1 rings (SSSR count). The van der Waals surface area contributed by atoms with Crippen LogP contribution in [0.15, 0.2) is 16.8 Å². The second-order valence-corrected chi connectivity index (χ2v) is 4.52. The largest absolute Gasteiger partial charge is 0.360 e. The molecular weight excluding hydrogens is 178 g/mol. The zero-order valence-corrected chi connectivity index (χ0v) is 9.16. The van der Waals surface area contributed by atoms with Crippen molar-refractivity contribution in [3.63, 3.8) is 0 Å². The maximum Gasteiger partial charge on any atom is 0.150 e. The van der Waals surface area contributed by atoms with Crippen molar-refractivity contribution >= 4 is 0 Å². The lowest BCUT2D eigenvalue weighted by molar-refractivity contribution is 0.192. The van der Waals surface area contributed by atoms with E-state index in [-0.39, 0.29) is 5.41 Å². The van der Waals surface area contributed by atoms with E-state index in [0.29, 0.717) is 6.54 Å². The van der Waals surface area contributed by atoms with Crippen LogP contribution in [0.3, 0.4) is 0 Å². The van der Waals surface area contributed by atoms with Gasteiger partial charge >= 0.3 is 0 Å². The Kier molecular flexibility index (Phi) is 3.66. The number of aromatic nitrogens is 1. The smallest absolute Gasteiger partial charge is 0.150 e. The highest BCUT2D eigenvalue weighted by Gasteiger charge is 2.18. The first kappa shape index (κ1) is 11.2. The van der Waals surface area contributed by atoms with Gasteiger partial charge in [0.25, 0.3) is 0 Å². The average Bonchev–Trinajstić information content (AvgIpc) is 2.55. The lowest BCUT2D eigenvalue weighted by Crippen LogP contribution is -2.36. The Hall–Kier alpha value is -0.870. The Morgan fingerprint density at radius 2 is 2.29 bits per heavy atom. The number of hydrogen-bond donors (Lipinski definition) is 1. The summed E-state index contributed by atoms with van der Waals surface area (Å²) in [5.74, 6) is 0.889. The molecule has 0 aliphatic carbocycles. The molecule has 0 aromatic carbocycles. The van der Waals surface area contributed by atoms with Gasteiger partial charge in [-0.15, -0.1) is 0 Å². The molecule has 0 bridgehead atoms. The monoisotopic (exact) mass is 197 g/mol. The SMILES string of the molecule is CN(Cc1ccno1)CC(C)(C)CN. The summed E-state index contributed by atoms with van der Waals surface area (Å²) in [4.78, 5) is 2.19. The molecule has 0 aliphatic rings. The Balaban J connectivity index is 2.40. The van der Waals surface area contributed by atoms with Crippen LogP contribution in [0.4, 0.5) is 0 Å². The molecule has 1 heterocycles. The second kappa shape index (κ2) is 4.57. The number of nitrogens with two attached hydrogens (primary N) is 1. The molecule has 0 atom stereocenters. The minimum atomic E-state index is 0.148. The molecule has 0 saturated heterocycles. The summed E-state index contributed by atoms with van der Waals surface area (Å²) in [6.45, 7) is 6.73. The second-order valence-electron chi connectivity index (χ2n) is 4.52. The van der Waals surface area contributed by atoms with E-state index in [1.54, 1.807) is 6.20 Å². The van der Waals surface area contributed by atoms with Crippen molar-refractivity contribution in [2.45, 2.75) is 20.4 Å². The third-order valence-corrected chi connectivity index (χ3v) is 2.17. The first-order chi connectivity index (χ1) is 6.53. The van der Waals surface area contributed by atoms with E-state index in [1.165, 1.54) is 0 Å². The highest BCUT2D eigenvalue weighted by molar-refractivity contribution is 4.92. The predicted molar refractivity (Wildman–Crippen MR) is 55.7 cm³/mol. The molecule has 14 heavy (non-hydrogen) atoms. The van der Waals surface area contributed by atoms with Crippen molar-refractivity contribution in [2.75, 3.05) is 20.1 Å². The van der Waals surface area contributed by atoms with Gasteiger partial charge in [0, 0.05) is 12.6 Å². The minimum absolute atomic E-state index is 0.148. The van der Waals surface area contributed by atoms with Crippen molar-refractivity contribution in [3.8, 4) is 0 Å². The van der Waals surface area contributed by atoms with Gasteiger partial charge in [-0.3, -0.25) is 4.90 Å². The Bertz CT molecular complexity index is 256. The molecule has 0 amide bonds. The van der Waals surface area contributed by atoms with E-state index in [0.717, 1.165) is 18.8 Å². The molecule has 4 nitrogen and oxygen atoms in total. The van der Waals surface area contributed by atoms with Gasteiger partial charge in [-0.1, -0.05) is 19.0 Å². The summed E-state index contributed by atoms with van der Waals surface area (Å²) in [7, 11) is 2.06. The third kappa shape index (κ3) is 3.47. The van der Waals surface area contributed by atoms with Gasteiger partial charge < -0.3 is 10.3 Å². The quantitative estimate of drug-likeness (QED) is 0.767. The van der Waals surface area contributed by atoms with Gasteiger partial charge in [-0.2, -0.15) is 0 Å². The van der Waals surface area contributed by atoms with E-state index in [9.17, 15) is 0 Å². The molecule has 1 aromatic rings. The van der Waals surface area contributed by atoms with Gasteiger partial charge in [0.1, 0.15) is 0 Å². The fourth-order valence-corrected chi connectivity index (χ4v) is 1.44. The van der Waals surface area contributed by atoms with Gasteiger partial charge in [-0.25, -0.2) is 0 Å². The number of nitrogens with zero attached hydrogens (tertiary/aromatic N) is 2. The van der Waals surface area contributed by atoms with Crippen LogP contribution in [-0.4, -0.2) is 30.2 Å². The average molecular weight is 197 g/mol. The number of rotatable bonds is 5. The molecule has 80 valence electrons. The molecule has 0 unspecified atom stereocenters. The fourth-order valence-electron chi connectivity index (χ4n) is 1.44. The summed E-state index contributed by atoms with van der Waals surface area (Å²) in [6.07, 6.45) is 1.66. The molecule has 1 aromatic heterocycles. The van der Waals surface area contributed by atoms with Crippen molar-refractivity contribution in [2.24, 2.45) is 11.1 Å². The maximum absolute atomic E-state index is 5.67. The van der Waals surface area contributed by atoms with Crippen LogP contribution in [0, 0.1) is 5.41 Å². The van der Waals surface area contributed by atoms with Crippen LogP contribution in [-0.2, 0) is 6.54 Å². The Labute approximate surface area is 85.1 Å². The zero-order valence-electron chi connectivity index (χ0n) is 9.16. The standard InChI is InChI=1S/C10H19N3O/c1-10(2,7-11)8-13(3)6-9-4-5-12-14-9/h4-5H,6-8,11H2,1-3H3. The molecule has 4 heteroatoms. The van der Waals surface area contributed by atoms with E-state index >= 15 is 0 Å². The van der Waals surface area contributed by atoms with Crippen molar-refractivity contribution < 1.29 is 4.52 Å². The zero-order chi connectivity index (χ0) is 10.6. The molecule has 0 aliphatic heterocycles. The van der Waals surface area contributed by atoms with E-state index in [2.05, 4.69) is 31.0 Å². The van der Waals surface area contributed by atoms with Gasteiger partial charge in [0.15, 0.2) is 5.76 Å². The van der Waals surface area contributed by atoms with Crippen LogP contribution >= 0.6 is 0 Å².